The summed E-state index contributed by atoms with van der Waals surface area (Å²) < 4.78 is 40.1. The maximum Gasteiger partial charge on any atom is 0.263 e. The number of nitrogens with zero attached hydrogens (tertiary/aromatic N) is 2. The summed E-state index contributed by atoms with van der Waals surface area (Å²) in [6.45, 7) is 0.0910. The predicted octanol–water partition coefficient (Wildman–Crippen LogP) is 0.727. The minimum absolute atomic E-state index is 0.0462. The molecular formula is C13H11FN4O2S. The van der Waals surface area contributed by atoms with E-state index < -0.39 is 15.8 Å². The van der Waals surface area contributed by atoms with Gasteiger partial charge in [-0.2, -0.15) is 0 Å². The normalized spacial score (nSPS) is 10.6. The lowest BCUT2D eigenvalue weighted by molar-refractivity contribution is 0.594. The van der Waals surface area contributed by atoms with E-state index in [9.17, 15) is 12.8 Å². The van der Waals surface area contributed by atoms with E-state index in [0.717, 1.165) is 6.07 Å². The molecule has 0 saturated carbocycles. The molecule has 8 heteroatoms. The van der Waals surface area contributed by atoms with E-state index in [0.29, 0.717) is 0 Å². The van der Waals surface area contributed by atoms with Gasteiger partial charge in [-0.1, -0.05) is 11.8 Å². The van der Waals surface area contributed by atoms with Gasteiger partial charge in [-0.3, -0.25) is 9.71 Å². The fraction of sp³-hybridized carbons (Fsp3) is 0.0769. The minimum atomic E-state index is -3.94. The molecule has 0 radical (unpaired) electrons. The molecule has 2 aromatic rings. The number of sulfonamides is 1. The molecule has 0 bridgehead atoms. The third-order valence-corrected chi connectivity index (χ3v) is 3.73. The van der Waals surface area contributed by atoms with Crippen LogP contribution < -0.4 is 10.5 Å². The third kappa shape index (κ3) is 3.75. The standard InChI is InChI=1S/C13H11FN4O2S/c14-12-8-11(4-3-10(12)2-1-5-15)21(19,20)18-13-9-16-6-7-17-13/h3-4,6-9H,5,15H2,(H,17,18). The van der Waals surface area contributed by atoms with E-state index in [1.807, 2.05) is 0 Å². The smallest absolute Gasteiger partial charge is 0.263 e. The number of hydrogen-bond acceptors (Lipinski definition) is 5. The molecule has 0 spiro atoms. The summed E-state index contributed by atoms with van der Waals surface area (Å²) in [7, 11) is -3.94. The van der Waals surface area contributed by atoms with Gasteiger partial charge in [-0.05, 0) is 18.2 Å². The number of rotatable bonds is 3. The summed E-state index contributed by atoms with van der Waals surface area (Å²) in [5, 5.41) is 0. The topological polar surface area (TPSA) is 98.0 Å². The Balaban J connectivity index is 2.31. The van der Waals surface area contributed by atoms with Crippen molar-refractivity contribution in [3.05, 3.63) is 48.2 Å². The van der Waals surface area contributed by atoms with E-state index in [2.05, 4.69) is 26.5 Å². The SMILES string of the molecule is NCC#Cc1ccc(S(=O)(=O)Nc2cnccn2)cc1F. The third-order valence-electron chi connectivity index (χ3n) is 2.38. The summed E-state index contributed by atoms with van der Waals surface area (Å²) in [6.07, 6.45) is 3.99. The highest BCUT2D eigenvalue weighted by atomic mass is 32.2. The average molecular weight is 306 g/mol. The van der Waals surface area contributed by atoms with Gasteiger partial charge in [0.2, 0.25) is 0 Å². The van der Waals surface area contributed by atoms with E-state index in [1.165, 1.54) is 30.7 Å². The van der Waals surface area contributed by atoms with Crippen LogP contribution in [0.25, 0.3) is 0 Å². The number of nitrogens with two attached hydrogens (primary N) is 1. The Bertz CT molecular complexity index is 798. The van der Waals surface area contributed by atoms with Crippen LogP contribution in [0.15, 0.2) is 41.7 Å². The highest BCUT2D eigenvalue weighted by molar-refractivity contribution is 7.92. The summed E-state index contributed by atoms with van der Waals surface area (Å²) >= 11 is 0. The number of halogens is 1. The van der Waals surface area contributed by atoms with Crippen LogP contribution in [0.5, 0.6) is 0 Å². The molecule has 0 saturated heterocycles. The molecule has 3 N–H and O–H groups in total. The first-order valence-electron chi connectivity index (χ1n) is 5.80. The molecule has 0 aliphatic heterocycles. The van der Waals surface area contributed by atoms with Crippen LogP contribution >= 0.6 is 0 Å². The van der Waals surface area contributed by atoms with Crippen LogP contribution in [0.1, 0.15) is 5.56 Å². The van der Waals surface area contributed by atoms with Crippen molar-refractivity contribution in [2.24, 2.45) is 5.73 Å². The molecule has 21 heavy (non-hydrogen) atoms. The number of benzene rings is 1. The van der Waals surface area contributed by atoms with Crippen LogP contribution in [0.3, 0.4) is 0 Å². The number of aromatic nitrogens is 2. The molecule has 0 aliphatic carbocycles. The maximum atomic E-state index is 13.8. The van der Waals surface area contributed by atoms with Crippen LogP contribution in [0.4, 0.5) is 10.2 Å². The van der Waals surface area contributed by atoms with Gasteiger partial charge < -0.3 is 5.73 Å². The van der Waals surface area contributed by atoms with Crippen molar-refractivity contribution < 1.29 is 12.8 Å². The summed E-state index contributed by atoms with van der Waals surface area (Å²) in [5.74, 6) is 4.32. The molecule has 1 aromatic carbocycles. The molecule has 0 atom stereocenters. The van der Waals surface area contributed by atoms with Crippen molar-refractivity contribution in [3.63, 3.8) is 0 Å². The fourth-order valence-corrected chi connectivity index (χ4v) is 2.46. The van der Waals surface area contributed by atoms with Crippen LogP contribution in [-0.4, -0.2) is 24.9 Å². The second-order valence-electron chi connectivity index (χ2n) is 3.84. The van der Waals surface area contributed by atoms with Gasteiger partial charge in [0.25, 0.3) is 10.0 Å². The van der Waals surface area contributed by atoms with Gasteiger partial charge in [0.1, 0.15) is 5.82 Å². The Morgan fingerprint density at radius 1 is 1.33 bits per heavy atom. The van der Waals surface area contributed by atoms with Gasteiger partial charge >= 0.3 is 0 Å². The summed E-state index contributed by atoms with van der Waals surface area (Å²) in [5.41, 5.74) is 5.28. The quantitative estimate of drug-likeness (QED) is 0.815. The Kier molecular flexibility index (Phi) is 4.47. The monoisotopic (exact) mass is 306 g/mol. The molecule has 0 amide bonds. The molecule has 2 rings (SSSR count). The first-order valence-corrected chi connectivity index (χ1v) is 7.28. The number of anilines is 1. The summed E-state index contributed by atoms with van der Waals surface area (Å²) in [6, 6.07) is 3.42. The largest absolute Gasteiger partial charge is 0.320 e. The van der Waals surface area contributed by atoms with Crippen molar-refractivity contribution in [2.75, 3.05) is 11.3 Å². The van der Waals surface area contributed by atoms with E-state index >= 15 is 0 Å². The van der Waals surface area contributed by atoms with Crippen molar-refractivity contribution in [2.45, 2.75) is 4.90 Å². The molecular weight excluding hydrogens is 295 g/mol. The van der Waals surface area contributed by atoms with Gasteiger partial charge in [0.05, 0.1) is 23.2 Å². The highest BCUT2D eigenvalue weighted by Gasteiger charge is 2.16. The van der Waals surface area contributed by atoms with Crippen LogP contribution in [0.2, 0.25) is 0 Å². The first kappa shape index (κ1) is 14.9. The van der Waals surface area contributed by atoms with Gasteiger partial charge in [0, 0.05) is 12.4 Å². The van der Waals surface area contributed by atoms with Crippen molar-refractivity contribution in [1.82, 2.24) is 9.97 Å². The highest BCUT2D eigenvalue weighted by Crippen LogP contribution is 2.17. The molecule has 6 nitrogen and oxygen atoms in total. The zero-order valence-corrected chi connectivity index (χ0v) is 11.6. The molecule has 0 unspecified atom stereocenters. The fourth-order valence-electron chi connectivity index (χ4n) is 1.46. The molecule has 108 valence electrons. The Morgan fingerprint density at radius 2 is 2.14 bits per heavy atom. The van der Waals surface area contributed by atoms with E-state index in [4.69, 9.17) is 5.73 Å². The van der Waals surface area contributed by atoms with Crippen LogP contribution in [0, 0.1) is 17.7 Å². The van der Waals surface area contributed by atoms with Crippen LogP contribution in [-0.2, 0) is 10.0 Å². The summed E-state index contributed by atoms with van der Waals surface area (Å²) in [4.78, 5) is 7.29. The molecule has 1 heterocycles. The Labute approximate surface area is 121 Å². The molecule has 0 aliphatic rings. The average Bonchev–Trinajstić information content (AvgIpc) is 2.46. The first-order chi connectivity index (χ1) is 10.0. The zero-order valence-electron chi connectivity index (χ0n) is 10.7. The minimum Gasteiger partial charge on any atom is -0.320 e. The lowest BCUT2D eigenvalue weighted by Crippen LogP contribution is -2.14. The number of hydrogen-bond donors (Lipinski definition) is 2. The van der Waals surface area contributed by atoms with E-state index in [1.54, 1.807) is 0 Å². The second kappa shape index (κ2) is 6.30. The van der Waals surface area contributed by atoms with Gasteiger partial charge in [-0.25, -0.2) is 17.8 Å². The van der Waals surface area contributed by atoms with Crippen molar-refractivity contribution >= 4 is 15.8 Å². The Morgan fingerprint density at radius 3 is 2.76 bits per heavy atom. The number of nitrogens with one attached hydrogen (secondary N) is 1. The van der Waals surface area contributed by atoms with Crippen molar-refractivity contribution in [1.29, 1.82) is 0 Å². The predicted molar refractivity (Wildman–Crippen MR) is 75.2 cm³/mol. The lowest BCUT2D eigenvalue weighted by Gasteiger charge is -2.07. The Hall–Kier alpha value is -2.50. The molecule has 1 aromatic heterocycles. The second-order valence-corrected chi connectivity index (χ2v) is 5.53. The van der Waals surface area contributed by atoms with Crippen molar-refractivity contribution in [3.8, 4) is 11.8 Å². The van der Waals surface area contributed by atoms with Gasteiger partial charge in [-0.15, -0.1) is 0 Å². The molecule has 0 fully saturated rings. The zero-order chi connectivity index (χ0) is 15.3. The maximum absolute atomic E-state index is 13.8. The lowest BCUT2D eigenvalue weighted by atomic mass is 10.2. The van der Waals surface area contributed by atoms with E-state index in [-0.39, 0.29) is 22.8 Å². The van der Waals surface area contributed by atoms with Gasteiger partial charge in [0.15, 0.2) is 5.82 Å².